The molecule has 1 aromatic rings. The van der Waals surface area contributed by atoms with Crippen molar-refractivity contribution in [2.75, 3.05) is 12.8 Å². The van der Waals surface area contributed by atoms with E-state index >= 15 is 0 Å². The second-order valence-electron chi connectivity index (χ2n) is 3.10. The molecule has 1 nitrogen and oxygen atoms in total. The molecule has 1 N–H and O–H groups in total. The van der Waals surface area contributed by atoms with Crippen molar-refractivity contribution in [2.24, 2.45) is 0 Å². The van der Waals surface area contributed by atoms with Crippen LogP contribution >= 0.6 is 23.4 Å². The third-order valence-electron chi connectivity index (χ3n) is 1.89. The van der Waals surface area contributed by atoms with Crippen LogP contribution in [0.15, 0.2) is 23.1 Å². The molecule has 0 radical (unpaired) electrons. The predicted octanol–water partition coefficient (Wildman–Crippen LogP) is 3.56. The standard InChI is InChI=1S/C11H16ClNS/c1-3-7-14-11-6-4-5-10(12)9(11)8-13-2/h4-6,13H,3,7-8H2,1-2H3. The highest BCUT2D eigenvalue weighted by molar-refractivity contribution is 7.99. The van der Waals surface area contributed by atoms with Gasteiger partial charge < -0.3 is 5.32 Å². The van der Waals surface area contributed by atoms with Crippen LogP contribution in [0.3, 0.4) is 0 Å². The van der Waals surface area contributed by atoms with Gasteiger partial charge in [0.05, 0.1) is 0 Å². The lowest BCUT2D eigenvalue weighted by atomic mass is 10.2. The Kier molecular flexibility index (Phi) is 5.38. The summed E-state index contributed by atoms with van der Waals surface area (Å²) in [5.74, 6) is 1.15. The summed E-state index contributed by atoms with van der Waals surface area (Å²) in [6.45, 7) is 3.03. The summed E-state index contributed by atoms with van der Waals surface area (Å²) in [5.41, 5.74) is 1.22. The van der Waals surface area contributed by atoms with Gasteiger partial charge in [-0.1, -0.05) is 24.6 Å². The fourth-order valence-corrected chi connectivity index (χ4v) is 2.49. The smallest absolute Gasteiger partial charge is 0.0462 e. The highest BCUT2D eigenvalue weighted by Crippen LogP contribution is 2.28. The van der Waals surface area contributed by atoms with E-state index in [4.69, 9.17) is 11.6 Å². The topological polar surface area (TPSA) is 12.0 Å². The van der Waals surface area contributed by atoms with E-state index in [2.05, 4.69) is 18.3 Å². The molecule has 0 aromatic heterocycles. The molecule has 1 aromatic carbocycles. The van der Waals surface area contributed by atoms with E-state index in [0.29, 0.717) is 0 Å². The Hall–Kier alpha value is -0.180. The van der Waals surface area contributed by atoms with Crippen LogP contribution in [0.1, 0.15) is 18.9 Å². The molecular weight excluding hydrogens is 214 g/mol. The van der Waals surface area contributed by atoms with Crippen LogP contribution in [-0.4, -0.2) is 12.8 Å². The zero-order valence-electron chi connectivity index (χ0n) is 8.64. The largest absolute Gasteiger partial charge is 0.316 e. The van der Waals surface area contributed by atoms with Gasteiger partial charge in [-0.05, 0) is 36.9 Å². The molecule has 3 heteroatoms. The van der Waals surface area contributed by atoms with Gasteiger partial charge in [-0.25, -0.2) is 0 Å². The summed E-state index contributed by atoms with van der Waals surface area (Å²) in [6.07, 6.45) is 1.19. The lowest BCUT2D eigenvalue weighted by molar-refractivity contribution is 0.803. The van der Waals surface area contributed by atoms with Crippen LogP contribution in [0, 0.1) is 0 Å². The molecule has 0 unspecified atom stereocenters. The summed E-state index contributed by atoms with van der Waals surface area (Å²) in [7, 11) is 1.94. The zero-order valence-corrected chi connectivity index (χ0v) is 10.2. The third kappa shape index (κ3) is 3.19. The first-order valence-corrected chi connectivity index (χ1v) is 6.20. The van der Waals surface area contributed by atoms with Crippen molar-refractivity contribution < 1.29 is 0 Å². The van der Waals surface area contributed by atoms with Crippen molar-refractivity contribution >= 4 is 23.4 Å². The Morgan fingerprint density at radius 1 is 1.43 bits per heavy atom. The van der Waals surface area contributed by atoms with E-state index < -0.39 is 0 Å². The van der Waals surface area contributed by atoms with Gasteiger partial charge in [0.15, 0.2) is 0 Å². The first-order chi connectivity index (χ1) is 6.79. The van der Waals surface area contributed by atoms with E-state index in [0.717, 1.165) is 17.3 Å². The number of halogens is 1. The average molecular weight is 230 g/mol. The Morgan fingerprint density at radius 3 is 2.86 bits per heavy atom. The molecule has 0 aliphatic heterocycles. The molecule has 0 saturated heterocycles. The molecule has 1 rings (SSSR count). The van der Waals surface area contributed by atoms with Gasteiger partial charge in [-0.3, -0.25) is 0 Å². The maximum atomic E-state index is 6.13. The van der Waals surface area contributed by atoms with Gasteiger partial charge in [-0.2, -0.15) is 0 Å². The molecule has 0 spiro atoms. The molecule has 0 aliphatic carbocycles. The van der Waals surface area contributed by atoms with Gasteiger partial charge in [0.2, 0.25) is 0 Å². The van der Waals surface area contributed by atoms with Gasteiger partial charge >= 0.3 is 0 Å². The van der Waals surface area contributed by atoms with Gasteiger partial charge in [0.25, 0.3) is 0 Å². The van der Waals surface area contributed by atoms with E-state index in [1.165, 1.54) is 16.9 Å². The minimum absolute atomic E-state index is 0.839. The third-order valence-corrected chi connectivity index (χ3v) is 3.55. The number of hydrogen-bond donors (Lipinski definition) is 1. The number of nitrogens with one attached hydrogen (secondary N) is 1. The van der Waals surface area contributed by atoms with E-state index in [9.17, 15) is 0 Å². The molecule has 78 valence electrons. The second kappa shape index (κ2) is 6.33. The van der Waals surface area contributed by atoms with Gasteiger partial charge in [0, 0.05) is 16.5 Å². The van der Waals surface area contributed by atoms with Crippen LogP contribution in [0.4, 0.5) is 0 Å². The summed E-state index contributed by atoms with van der Waals surface area (Å²) >= 11 is 8.01. The molecule has 14 heavy (non-hydrogen) atoms. The van der Waals surface area contributed by atoms with E-state index in [1.807, 2.05) is 30.9 Å². The molecule has 0 bridgehead atoms. The van der Waals surface area contributed by atoms with Crippen molar-refractivity contribution in [3.05, 3.63) is 28.8 Å². The van der Waals surface area contributed by atoms with Crippen molar-refractivity contribution in [1.29, 1.82) is 0 Å². The number of rotatable bonds is 5. The van der Waals surface area contributed by atoms with Crippen molar-refractivity contribution in [2.45, 2.75) is 24.8 Å². The fourth-order valence-electron chi connectivity index (χ4n) is 1.23. The van der Waals surface area contributed by atoms with Crippen LogP contribution in [0.5, 0.6) is 0 Å². The Morgan fingerprint density at radius 2 is 2.21 bits per heavy atom. The van der Waals surface area contributed by atoms with Crippen molar-refractivity contribution in [1.82, 2.24) is 5.32 Å². The maximum absolute atomic E-state index is 6.13. The summed E-state index contributed by atoms with van der Waals surface area (Å²) in [5, 5.41) is 4.01. The first kappa shape index (κ1) is 11.9. The van der Waals surface area contributed by atoms with Crippen molar-refractivity contribution in [3.63, 3.8) is 0 Å². The van der Waals surface area contributed by atoms with E-state index in [-0.39, 0.29) is 0 Å². The number of benzene rings is 1. The van der Waals surface area contributed by atoms with Crippen LogP contribution in [0.2, 0.25) is 5.02 Å². The summed E-state index contributed by atoms with van der Waals surface area (Å²) in [6, 6.07) is 6.10. The molecule has 0 fully saturated rings. The second-order valence-corrected chi connectivity index (χ2v) is 4.64. The molecule has 0 aliphatic rings. The van der Waals surface area contributed by atoms with Crippen molar-refractivity contribution in [3.8, 4) is 0 Å². The average Bonchev–Trinajstić information content (AvgIpc) is 2.19. The maximum Gasteiger partial charge on any atom is 0.0462 e. The first-order valence-electron chi connectivity index (χ1n) is 4.84. The number of thioether (sulfide) groups is 1. The summed E-state index contributed by atoms with van der Waals surface area (Å²) in [4.78, 5) is 1.30. The highest BCUT2D eigenvalue weighted by atomic mass is 35.5. The Bertz CT molecular complexity index is 289. The van der Waals surface area contributed by atoms with E-state index in [1.54, 1.807) is 0 Å². The van der Waals surface area contributed by atoms with Crippen LogP contribution < -0.4 is 5.32 Å². The lowest BCUT2D eigenvalue weighted by Gasteiger charge is -2.09. The monoisotopic (exact) mass is 229 g/mol. The van der Waals surface area contributed by atoms with Crippen LogP contribution in [-0.2, 0) is 6.54 Å². The molecule has 0 saturated carbocycles. The molecule has 0 heterocycles. The van der Waals surface area contributed by atoms with Crippen LogP contribution in [0.25, 0.3) is 0 Å². The molecule has 0 atom stereocenters. The minimum atomic E-state index is 0.839. The number of hydrogen-bond acceptors (Lipinski definition) is 2. The predicted molar refractivity (Wildman–Crippen MR) is 65.2 cm³/mol. The molecule has 0 amide bonds. The lowest BCUT2D eigenvalue weighted by Crippen LogP contribution is -2.06. The molecular formula is C11H16ClNS. The Balaban J connectivity index is 2.83. The normalized spacial score (nSPS) is 10.5. The minimum Gasteiger partial charge on any atom is -0.316 e. The fraction of sp³-hybridized carbons (Fsp3) is 0.455. The summed E-state index contributed by atoms with van der Waals surface area (Å²) < 4.78 is 0. The highest BCUT2D eigenvalue weighted by Gasteiger charge is 2.05. The Labute approximate surface area is 95.2 Å². The quantitative estimate of drug-likeness (QED) is 0.775. The zero-order chi connectivity index (χ0) is 10.4. The van der Waals surface area contributed by atoms with Gasteiger partial charge in [-0.15, -0.1) is 11.8 Å². The van der Waals surface area contributed by atoms with Gasteiger partial charge in [0.1, 0.15) is 0 Å². The SMILES string of the molecule is CCCSc1cccc(Cl)c1CNC.